The zero-order valence-electron chi connectivity index (χ0n) is 14.5. The molecule has 2 aliphatic rings. The maximum atomic E-state index is 12.3. The number of hydrogen-bond acceptors (Lipinski definition) is 4. The van der Waals surface area contributed by atoms with E-state index in [2.05, 4.69) is 29.4 Å². The largest absolute Gasteiger partial charge is 0.363 e. The predicted octanol–water partition coefficient (Wildman–Crippen LogP) is 0.908. The summed E-state index contributed by atoms with van der Waals surface area (Å²) >= 11 is 0. The van der Waals surface area contributed by atoms with Gasteiger partial charge in [0.15, 0.2) is 6.10 Å². The molecule has 2 amide bonds. The minimum Gasteiger partial charge on any atom is -0.363 e. The van der Waals surface area contributed by atoms with E-state index in [0.717, 1.165) is 13.0 Å². The van der Waals surface area contributed by atoms with Crippen molar-refractivity contribution in [2.75, 3.05) is 32.8 Å². The van der Waals surface area contributed by atoms with E-state index in [9.17, 15) is 9.59 Å². The summed E-state index contributed by atoms with van der Waals surface area (Å²) in [6.45, 7) is 8.64. The average molecular weight is 325 g/mol. The zero-order chi connectivity index (χ0) is 16.7. The number of nitrogens with zero attached hydrogens (tertiary/aromatic N) is 1. The fourth-order valence-electron chi connectivity index (χ4n) is 2.99. The molecule has 0 unspecified atom stereocenters. The molecule has 0 bridgehead atoms. The highest BCUT2D eigenvalue weighted by Gasteiger charge is 2.34. The Morgan fingerprint density at radius 3 is 2.52 bits per heavy atom. The smallest absolute Gasteiger partial charge is 0.252 e. The fraction of sp³-hybridized carbons (Fsp3) is 0.882. The molecule has 0 radical (unpaired) electrons. The van der Waals surface area contributed by atoms with Crippen LogP contribution in [-0.2, 0) is 14.3 Å². The molecule has 2 atom stereocenters. The molecule has 23 heavy (non-hydrogen) atoms. The molecule has 2 saturated heterocycles. The van der Waals surface area contributed by atoms with Crippen molar-refractivity contribution in [1.82, 2.24) is 15.5 Å². The molecular weight excluding hydrogens is 294 g/mol. The molecule has 132 valence electrons. The van der Waals surface area contributed by atoms with E-state index < -0.39 is 6.04 Å². The lowest BCUT2D eigenvalue weighted by molar-refractivity contribution is -0.130. The van der Waals surface area contributed by atoms with Crippen molar-refractivity contribution in [2.24, 2.45) is 5.92 Å². The maximum absolute atomic E-state index is 12.3. The molecule has 2 rings (SSSR count). The Bertz CT molecular complexity index is 391. The Hall–Kier alpha value is -1.14. The van der Waals surface area contributed by atoms with E-state index in [4.69, 9.17) is 4.74 Å². The van der Waals surface area contributed by atoms with Crippen LogP contribution >= 0.6 is 0 Å². The van der Waals surface area contributed by atoms with Crippen molar-refractivity contribution >= 4 is 11.8 Å². The predicted molar refractivity (Wildman–Crippen MR) is 89.0 cm³/mol. The van der Waals surface area contributed by atoms with Gasteiger partial charge in [-0.05, 0) is 51.2 Å². The summed E-state index contributed by atoms with van der Waals surface area (Å²) in [7, 11) is 0. The zero-order valence-corrected chi connectivity index (χ0v) is 14.5. The van der Waals surface area contributed by atoms with Crippen LogP contribution in [0.3, 0.4) is 0 Å². The first-order valence-electron chi connectivity index (χ1n) is 8.98. The first kappa shape index (κ1) is 18.2. The normalized spacial score (nSPS) is 22.7. The number of ether oxygens (including phenoxy) is 1. The third-order valence-corrected chi connectivity index (χ3v) is 4.36. The van der Waals surface area contributed by atoms with Gasteiger partial charge in [0.1, 0.15) is 6.04 Å². The van der Waals surface area contributed by atoms with E-state index in [0.29, 0.717) is 25.5 Å². The lowest BCUT2D eigenvalue weighted by Crippen LogP contribution is -2.49. The third-order valence-electron chi connectivity index (χ3n) is 4.36. The van der Waals surface area contributed by atoms with Crippen LogP contribution in [0.15, 0.2) is 0 Å². The average Bonchev–Trinajstić information content (AvgIpc) is 3.36. The van der Waals surface area contributed by atoms with E-state index in [1.807, 2.05) is 0 Å². The maximum Gasteiger partial charge on any atom is 0.252 e. The highest BCUT2D eigenvalue weighted by molar-refractivity contribution is 5.90. The first-order chi connectivity index (χ1) is 11.1. The van der Waals surface area contributed by atoms with Crippen molar-refractivity contribution in [3.05, 3.63) is 0 Å². The molecule has 0 spiro atoms. The number of likely N-dealkylation sites (tertiary alicyclic amines) is 1. The molecule has 6 nitrogen and oxygen atoms in total. The molecule has 0 aromatic rings. The van der Waals surface area contributed by atoms with Gasteiger partial charge in [-0.2, -0.15) is 0 Å². The molecule has 2 fully saturated rings. The van der Waals surface area contributed by atoms with E-state index in [1.54, 1.807) is 0 Å². The third kappa shape index (κ3) is 6.87. The minimum atomic E-state index is -0.457. The van der Waals surface area contributed by atoms with Gasteiger partial charge < -0.3 is 20.3 Å². The highest BCUT2D eigenvalue weighted by atomic mass is 16.6. The van der Waals surface area contributed by atoms with Gasteiger partial charge in [0.05, 0.1) is 6.61 Å². The summed E-state index contributed by atoms with van der Waals surface area (Å²) in [4.78, 5) is 26.6. The topological polar surface area (TPSA) is 74.0 Å². The second-order valence-corrected chi connectivity index (χ2v) is 7.06. The SMILES string of the molecule is CC(C)C[C@H](NC(=O)[C@@H]1CO1)C(=O)NCCCN1CCCCC1. The van der Waals surface area contributed by atoms with E-state index in [-0.39, 0.29) is 17.9 Å². The lowest BCUT2D eigenvalue weighted by Gasteiger charge is -2.26. The van der Waals surface area contributed by atoms with Gasteiger partial charge in [0.2, 0.25) is 5.91 Å². The first-order valence-corrected chi connectivity index (χ1v) is 8.98. The number of carbonyl (C=O) groups is 2. The summed E-state index contributed by atoms with van der Waals surface area (Å²) in [5.41, 5.74) is 0. The number of carbonyl (C=O) groups excluding carboxylic acids is 2. The lowest BCUT2D eigenvalue weighted by atomic mass is 10.0. The van der Waals surface area contributed by atoms with Gasteiger partial charge in [-0.1, -0.05) is 20.3 Å². The molecule has 2 N–H and O–H groups in total. The Morgan fingerprint density at radius 2 is 1.91 bits per heavy atom. The van der Waals surface area contributed by atoms with Crippen LogP contribution < -0.4 is 10.6 Å². The van der Waals surface area contributed by atoms with Gasteiger partial charge in [0, 0.05) is 6.54 Å². The molecule has 6 heteroatoms. The van der Waals surface area contributed by atoms with Crippen LogP contribution in [0.1, 0.15) is 46.0 Å². The minimum absolute atomic E-state index is 0.0775. The van der Waals surface area contributed by atoms with Crippen LogP contribution in [0.2, 0.25) is 0 Å². The van der Waals surface area contributed by atoms with Crippen LogP contribution in [0.4, 0.5) is 0 Å². The van der Waals surface area contributed by atoms with Crippen molar-refractivity contribution in [3.63, 3.8) is 0 Å². The van der Waals surface area contributed by atoms with Crippen LogP contribution in [0.25, 0.3) is 0 Å². The highest BCUT2D eigenvalue weighted by Crippen LogP contribution is 2.11. The second-order valence-electron chi connectivity index (χ2n) is 7.06. The summed E-state index contributed by atoms with van der Waals surface area (Å²) < 4.78 is 4.97. The number of epoxide rings is 1. The van der Waals surface area contributed by atoms with E-state index >= 15 is 0 Å². The number of rotatable bonds is 9. The standard InChI is InChI=1S/C17H31N3O3/c1-13(2)11-14(19-17(22)15-12-23-15)16(21)18-7-6-10-20-8-4-3-5-9-20/h13-15H,3-12H2,1-2H3,(H,18,21)(H,19,22)/t14-,15-/m0/s1. The molecule has 0 aromatic carbocycles. The Labute approximate surface area is 139 Å². The van der Waals surface area contributed by atoms with Crippen LogP contribution in [0, 0.1) is 5.92 Å². The number of amides is 2. The van der Waals surface area contributed by atoms with Crippen LogP contribution in [0.5, 0.6) is 0 Å². The molecule has 0 aromatic heterocycles. The van der Waals surface area contributed by atoms with Gasteiger partial charge >= 0.3 is 0 Å². The number of hydrogen-bond donors (Lipinski definition) is 2. The van der Waals surface area contributed by atoms with Gasteiger partial charge in [-0.3, -0.25) is 9.59 Å². The van der Waals surface area contributed by atoms with Crippen molar-refractivity contribution < 1.29 is 14.3 Å². The number of nitrogens with one attached hydrogen (secondary N) is 2. The molecule has 0 saturated carbocycles. The molecule has 2 aliphatic heterocycles. The monoisotopic (exact) mass is 325 g/mol. The Balaban J connectivity index is 1.67. The van der Waals surface area contributed by atoms with Gasteiger partial charge in [0.25, 0.3) is 5.91 Å². The fourth-order valence-corrected chi connectivity index (χ4v) is 2.99. The summed E-state index contributed by atoms with van der Waals surface area (Å²) in [6.07, 6.45) is 5.18. The second kappa shape index (κ2) is 9.23. The Morgan fingerprint density at radius 1 is 1.22 bits per heavy atom. The molecule has 2 heterocycles. The molecular formula is C17H31N3O3. The van der Waals surface area contributed by atoms with Gasteiger partial charge in [-0.25, -0.2) is 0 Å². The quantitative estimate of drug-likeness (QED) is 0.488. The summed E-state index contributed by atoms with van der Waals surface area (Å²) in [5, 5.41) is 5.79. The summed E-state index contributed by atoms with van der Waals surface area (Å²) in [5.74, 6) is 0.102. The van der Waals surface area contributed by atoms with Crippen molar-refractivity contribution in [1.29, 1.82) is 0 Å². The number of piperidine rings is 1. The van der Waals surface area contributed by atoms with Crippen LogP contribution in [-0.4, -0.2) is 61.6 Å². The summed E-state index contributed by atoms with van der Waals surface area (Å²) in [6, 6.07) is -0.457. The van der Waals surface area contributed by atoms with Crippen molar-refractivity contribution in [3.8, 4) is 0 Å². The van der Waals surface area contributed by atoms with E-state index in [1.165, 1.54) is 32.4 Å². The van der Waals surface area contributed by atoms with Gasteiger partial charge in [-0.15, -0.1) is 0 Å². The molecule has 0 aliphatic carbocycles. The van der Waals surface area contributed by atoms with Crippen molar-refractivity contribution in [2.45, 2.75) is 58.1 Å². The Kier molecular flexibility index (Phi) is 7.30.